The Labute approximate surface area is 108 Å². The largest absolute Gasteiger partial charge is 0.234 e. The van der Waals surface area contributed by atoms with Crippen molar-refractivity contribution in [1.29, 1.82) is 0 Å². The molecule has 0 heterocycles. The summed E-state index contributed by atoms with van der Waals surface area (Å²) in [5, 5.41) is 10.5. The zero-order chi connectivity index (χ0) is 11.6. The maximum atomic E-state index is 10.9. The van der Waals surface area contributed by atoms with Crippen molar-refractivity contribution >= 4 is 27.7 Å². The van der Waals surface area contributed by atoms with Crippen molar-refractivity contribution < 1.29 is 5.03 Å². The zero-order valence-corrected chi connectivity index (χ0v) is 11.2. The van der Waals surface area contributed by atoms with E-state index in [-0.39, 0.29) is 4.32 Å². The van der Waals surface area contributed by atoms with Gasteiger partial charge in [-0.05, 0) is 54.9 Å². The lowest BCUT2D eigenvalue weighted by Crippen LogP contribution is -2.62. The maximum Gasteiger partial charge on any atom is 0.177 e. The van der Waals surface area contributed by atoms with E-state index < -0.39 is 10.6 Å². The fourth-order valence-electron chi connectivity index (χ4n) is 4.49. The van der Waals surface area contributed by atoms with Crippen LogP contribution in [0.1, 0.15) is 38.5 Å². The molecular formula is C10H14BrClN2O2. The summed E-state index contributed by atoms with van der Waals surface area (Å²) >= 11 is 9.71. The van der Waals surface area contributed by atoms with Crippen LogP contribution in [-0.4, -0.2) is 19.4 Å². The van der Waals surface area contributed by atoms with Crippen LogP contribution in [0.2, 0.25) is 0 Å². The van der Waals surface area contributed by atoms with Gasteiger partial charge in [0.15, 0.2) is 5.03 Å². The Morgan fingerprint density at radius 1 is 1.31 bits per heavy atom. The van der Waals surface area contributed by atoms with Crippen molar-refractivity contribution in [3.05, 3.63) is 10.1 Å². The third kappa shape index (κ3) is 1.47. The normalized spacial score (nSPS) is 49.4. The van der Waals surface area contributed by atoms with E-state index in [2.05, 4.69) is 15.9 Å². The summed E-state index contributed by atoms with van der Waals surface area (Å²) in [7, 11) is 0. The minimum Gasteiger partial charge on any atom is -0.234 e. The summed E-state index contributed by atoms with van der Waals surface area (Å²) in [5.74, 6) is 1.23. The van der Waals surface area contributed by atoms with Gasteiger partial charge in [0, 0.05) is 4.32 Å². The molecule has 6 heteroatoms. The molecule has 4 aliphatic rings. The maximum absolute atomic E-state index is 10.9. The minimum absolute atomic E-state index is 0.111. The predicted octanol–water partition coefficient (Wildman–Crippen LogP) is 3.12. The number of nitrogens with zero attached hydrogens (tertiary/aromatic N) is 2. The van der Waals surface area contributed by atoms with E-state index >= 15 is 0 Å². The van der Waals surface area contributed by atoms with Gasteiger partial charge in [-0.25, -0.2) is 10.1 Å². The highest BCUT2D eigenvalue weighted by molar-refractivity contribution is 9.10. The fourth-order valence-corrected chi connectivity index (χ4v) is 6.13. The van der Waals surface area contributed by atoms with E-state index in [1.54, 1.807) is 0 Å². The third-order valence-electron chi connectivity index (χ3n) is 4.49. The van der Waals surface area contributed by atoms with Crippen LogP contribution in [0, 0.1) is 22.0 Å². The molecule has 0 N–H and O–H groups in total. The van der Waals surface area contributed by atoms with Gasteiger partial charge in [-0.15, -0.1) is 0 Å². The van der Waals surface area contributed by atoms with Crippen LogP contribution in [0.25, 0.3) is 0 Å². The molecule has 4 aliphatic carbocycles. The summed E-state index contributed by atoms with van der Waals surface area (Å²) in [6.07, 6.45) is 6.15. The van der Waals surface area contributed by atoms with Crippen molar-refractivity contribution in [3.63, 3.8) is 0 Å². The number of halogens is 2. The van der Waals surface area contributed by atoms with Gasteiger partial charge >= 0.3 is 0 Å². The van der Waals surface area contributed by atoms with Gasteiger partial charge in [-0.1, -0.05) is 15.9 Å². The molecule has 0 saturated heterocycles. The Kier molecular flexibility index (Phi) is 2.25. The van der Waals surface area contributed by atoms with E-state index in [4.69, 9.17) is 11.8 Å². The summed E-state index contributed by atoms with van der Waals surface area (Å²) < 4.78 is 0.987. The van der Waals surface area contributed by atoms with Gasteiger partial charge in [0.1, 0.15) is 5.54 Å². The fraction of sp³-hybridized carbons (Fsp3) is 1.00. The number of nitro groups is 1. The SMILES string of the molecule is O=[N+]([O-])N(Cl)C12C[C@@H]3C[C@H](CC(Br)(C3)C1)C2. The van der Waals surface area contributed by atoms with Gasteiger partial charge in [0.05, 0.1) is 11.8 Å². The van der Waals surface area contributed by atoms with Crippen molar-refractivity contribution in [3.8, 4) is 0 Å². The van der Waals surface area contributed by atoms with E-state index in [1.165, 1.54) is 6.42 Å². The number of hydrogen-bond donors (Lipinski definition) is 0. The Balaban J connectivity index is 1.94. The minimum atomic E-state index is -0.453. The molecule has 2 atom stereocenters. The van der Waals surface area contributed by atoms with E-state index in [0.29, 0.717) is 11.8 Å². The van der Waals surface area contributed by atoms with Gasteiger partial charge in [0.2, 0.25) is 0 Å². The van der Waals surface area contributed by atoms with Crippen molar-refractivity contribution in [1.82, 2.24) is 4.53 Å². The molecule has 0 unspecified atom stereocenters. The molecule has 4 nitrogen and oxygen atoms in total. The average molecular weight is 310 g/mol. The van der Waals surface area contributed by atoms with E-state index in [1.807, 2.05) is 0 Å². The average Bonchev–Trinajstić information content (AvgIpc) is 2.12. The Morgan fingerprint density at radius 2 is 1.88 bits per heavy atom. The molecule has 0 amide bonds. The lowest BCUT2D eigenvalue weighted by Gasteiger charge is -2.59. The first-order valence-electron chi connectivity index (χ1n) is 5.72. The first-order valence-corrected chi connectivity index (χ1v) is 6.85. The molecule has 0 aromatic carbocycles. The summed E-state index contributed by atoms with van der Waals surface area (Å²) in [6.45, 7) is 0. The molecule has 4 bridgehead atoms. The van der Waals surface area contributed by atoms with Crippen molar-refractivity contribution in [2.45, 2.75) is 48.4 Å². The summed E-state index contributed by atoms with van der Waals surface area (Å²) in [4.78, 5) is 10.9. The smallest absolute Gasteiger partial charge is 0.177 e. The van der Waals surface area contributed by atoms with E-state index in [0.717, 1.165) is 36.6 Å². The number of alkyl halides is 1. The highest BCUT2D eigenvalue weighted by Gasteiger charge is 2.62. The van der Waals surface area contributed by atoms with Crippen LogP contribution in [0.3, 0.4) is 0 Å². The first-order chi connectivity index (χ1) is 7.42. The Morgan fingerprint density at radius 3 is 2.31 bits per heavy atom. The summed E-state index contributed by atoms with van der Waals surface area (Å²) in [5.41, 5.74) is -0.404. The number of hydrogen-bond acceptors (Lipinski definition) is 2. The van der Waals surface area contributed by atoms with Gasteiger partial charge in [-0.2, -0.15) is 0 Å². The van der Waals surface area contributed by atoms with Crippen molar-refractivity contribution in [2.75, 3.05) is 0 Å². The van der Waals surface area contributed by atoms with Crippen LogP contribution >= 0.6 is 27.7 Å². The van der Waals surface area contributed by atoms with Gasteiger partial charge in [0.25, 0.3) is 0 Å². The first kappa shape index (κ1) is 11.1. The lowest BCUT2D eigenvalue weighted by atomic mass is 9.53. The second-order valence-electron chi connectivity index (χ2n) is 5.83. The highest BCUT2D eigenvalue weighted by Crippen LogP contribution is 2.62. The topological polar surface area (TPSA) is 46.4 Å². The molecule has 0 radical (unpaired) electrons. The van der Waals surface area contributed by atoms with Crippen LogP contribution in [-0.2, 0) is 0 Å². The number of hydrazine groups is 1. The quantitative estimate of drug-likeness (QED) is 0.341. The standard InChI is InChI=1S/C10H14BrClN2O2/c11-9-2-7-1-8(3-9)5-10(4-7,6-9)13(12)14(15)16/h7-8H,1-6H2/t7-,8-,9?,10?/m1/s1. The predicted molar refractivity (Wildman–Crippen MR) is 63.8 cm³/mol. The highest BCUT2D eigenvalue weighted by atomic mass is 79.9. The Bertz CT molecular complexity index is 338. The van der Waals surface area contributed by atoms with E-state index in [9.17, 15) is 10.1 Å². The molecular weight excluding hydrogens is 295 g/mol. The summed E-state index contributed by atoms with van der Waals surface area (Å²) in [6, 6.07) is 0. The molecule has 0 aromatic rings. The number of rotatable bonds is 2. The van der Waals surface area contributed by atoms with Crippen LogP contribution in [0.4, 0.5) is 0 Å². The monoisotopic (exact) mass is 308 g/mol. The van der Waals surface area contributed by atoms with Gasteiger partial charge < -0.3 is 0 Å². The molecule has 90 valence electrons. The molecule has 16 heavy (non-hydrogen) atoms. The van der Waals surface area contributed by atoms with Crippen LogP contribution < -0.4 is 0 Å². The molecule has 0 aromatic heterocycles. The molecule has 0 aliphatic heterocycles. The second-order valence-corrected chi connectivity index (χ2v) is 7.84. The van der Waals surface area contributed by atoms with Crippen LogP contribution in [0.15, 0.2) is 0 Å². The molecule has 4 fully saturated rings. The third-order valence-corrected chi connectivity index (χ3v) is 5.90. The molecule has 4 rings (SSSR count). The van der Waals surface area contributed by atoms with Crippen molar-refractivity contribution in [2.24, 2.45) is 11.8 Å². The molecule has 0 spiro atoms. The zero-order valence-electron chi connectivity index (χ0n) is 8.86. The lowest BCUT2D eigenvalue weighted by molar-refractivity contribution is -0.644. The van der Waals surface area contributed by atoms with Crippen LogP contribution in [0.5, 0.6) is 0 Å². The van der Waals surface area contributed by atoms with Gasteiger partial charge in [-0.3, -0.25) is 0 Å². The molecule has 4 saturated carbocycles. The second kappa shape index (κ2) is 3.25. The Hall–Kier alpha value is -0.0300.